The van der Waals surface area contributed by atoms with Gasteiger partial charge in [0.1, 0.15) is 18.3 Å². The SMILES string of the molecule is COCCOC(=O)C1=C(C(=O)N(C(=O)CCl)c2cc(SCC(=O)OC)c(Cl)cc2F)CCCC1. The van der Waals surface area contributed by atoms with Gasteiger partial charge in [0.15, 0.2) is 0 Å². The molecule has 0 saturated heterocycles. The first-order chi connectivity index (χ1) is 16.2. The Morgan fingerprint density at radius 1 is 1.09 bits per heavy atom. The zero-order valence-corrected chi connectivity index (χ0v) is 21.0. The Kier molecular flexibility index (Phi) is 11.3. The van der Waals surface area contributed by atoms with Crippen LogP contribution in [0.5, 0.6) is 0 Å². The molecule has 0 heterocycles. The molecule has 8 nitrogen and oxygen atoms in total. The van der Waals surface area contributed by atoms with Gasteiger partial charge >= 0.3 is 11.9 Å². The number of benzene rings is 1. The Labute approximate surface area is 210 Å². The summed E-state index contributed by atoms with van der Waals surface area (Å²) in [5.41, 5.74) is -0.197. The molecule has 1 aromatic rings. The van der Waals surface area contributed by atoms with Crippen molar-refractivity contribution >= 4 is 64.4 Å². The van der Waals surface area contributed by atoms with Crippen LogP contribution in [-0.2, 0) is 33.4 Å². The number of rotatable bonds is 10. The molecule has 1 aromatic carbocycles. The molecule has 0 spiro atoms. The number of amides is 2. The monoisotopic (exact) mass is 535 g/mol. The molecule has 1 aliphatic rings. The number of thioether (sulfide) groups is 1. The summed E-state index contributed by atoms with van der Waals surface area (Å²) in [6.45, 7) is 0.179. The highest BCUT2D eigenvalue weighted by Gasteiger charge is 2.33. The van der Waals surface area contributed by atoms with E-state index in [1.165, 1.54) is 20.3 Å². The van der Waals surface area contributed by atoms with Crippen LogP contribution in [0, 0.1) is 5.82 Å². The number of halogens is 3. The molecule has 1 aliphatic carbocycles. The second-order valence-electron chi connectivity index (χ2n) is 7.06. The van der Waals surface area contributed by atoms with E-state index < -0.39 is 41.1 Å². The van der Waals surface area contributed by atoms with Gasteiger partial charge in [0.25, 0.3) is 5.91 Å². The van der Waals surface area contributed by atoms with E-state index in [9.17, 15) is 23.6 Å². The van der Waals surface area contributed by atoms with E-state index in [1.807, 2.05) is 0 Å². The number of esters is 2. The summed E-state index contributed by atoms with van der Waals surface area (Å²) >= 11 is 12.8. The summed E-state index contributed by atoms with van der Waals surface area (Å²) in [5.74, 6) is -4.67. The molecule has 34 heavy (non-hydrogen) atoms. The van der Waals surface area contributed by atoms with E-state index in [1.54, 1.807) is 0 Å². The van der Waals surface area contributed by atoms with Gasteiger partial charge in [-0.25, -0.2) is 14.1 Å². The molecular weight excluding hydrogens is 512 g/mol. The van der Waals surface area contributed by atoms with Crippen molar-refractivity contribution in [1.29, 1.82) is 0 Å². The molecule has 0 unspecified atom stereocenters. The summed E-state index contributed by atoms with van der Waals surface area (Å²) in [5, 5.41) is -0.0137. The normalized spacial score (nSPS) is 13.4. The van der Waals surface area contributed by atoms with E-state index in [0.717, 1.165) is 17.8 Å². The van der Waals surface area contributed by atoms with Crippen LogP contribution in [0.25, 0.3) is 0 Å². The van der Waals surface area contributed by atoms with Crippen LogP contribution in [0.2, 0.25) is 5.02 Å². The van der Waals surface area contributed by atoms with Gasteiger partial charge < -0.3 is 14.2 Å². The molecule has 0 aromatic heterocycles. The van der Waals surface area contributed by atoms with Gasteiger partial charge in [0.05, 0.1) is 30.2 Å². The number of methoxy groups -OCH3 is 2. The van der Waals surface area contributed by atoms with Crippen molar-refractivity contribution in [3.05, 3.63) is 34.1 Å². The molecule has 0 saturated carbocycles. The Balaban J connectivity index is 2.49. The minimum absolute atomic E-state index is 0.00276. The lowest BCUT2D eigenvalue weighted by Crippen LogP contribution is -2.40. The van der Waals surface area contributed by atoms with Gasteiger partial charge in [-0.15, -0.1) is 23.4 Å². The summed E-state index contributed by atoms with van der Waals surface area (Å²) < 4.78 is 29.5. The third-order valence-electron chi connectivity index (χ3n) is 4.88. The van der Waals surface area contributed by atoms with Crippen molar-refractivity contribution in [2.75, 3.05) is 44.0 Å². The molecule has 0 bridgehead atoms. The van der Waals surface area contributed by atoms with Crippen LogP contribution in [0.15, 0.2) is 28.2 Å². The lowest BCUT2D eigenvalue weighted by atomic mass is 9.90. The Morgan fingerprint density at radius 3 is 2.38 bits per heavy atom. The van der Waals surface area contributed by atoms with E-state index in [4.69, 9.17) is 32.7 Å². The number of carbonyl (C=O) groups excluding carboxylic acids is 4. The minimum Gasteiger partial charge on any atom is -0.468 e. The summed E-state index contributed by atoms with van der Waals surface area (Å²) in [7, 11) is 2.67. The molecule has 2 amide bonds. The number of alkyl halides is 1. The fourth-order valence-electron chi connectivity index (χ4n) is 3.22. The van der Waals surface area contributed by atoms with Crippen molar-refractivity contribution in [3.8, 4) is 0 Å². The average molecular weight is 536 g/mol. The maximum absolute atomic E-state index is 14.9. The van der Waals surface area contributed by atoms with Gasteiger partial charge in [0, 0.05) is 23.2 Å². The van der Waals surface area contributed by atoms with E-state index >= 15 is 0 Å². The zero-order chi connectivity index (χ0) is 25.3. The first-order valence-electron chi connectivity index (χ1n) is 10.2. The van der Waals surface area contributed by atoms with Gasteiger partial charge in [-0.3, -0.25) is 14.4 Å². The highest BCUT2D eigenvalue weighted by atomic mass is 35.5. The molecule has 0 aliphatic heterocycles. The number of imide groups is 1. The van der Waals surface area contributed by atoms with Crippen molar-refractivity contribution in [1.82, 2.24) is 0 Å². The highest BCUT2D eigenvalue weighted by Crippen LogP contribution is 2.36. The van der Waals surface area contributed by atoms with Crippen molar-refractivity contribution in [2.45, 2.75) is 30.6 Å². The quantitative estimate of drug-likeness (QED) is 0.192. The summed E-state index contributed by atoms with van der Waals surface area (Å²) in [6, 6.07) is 2.13. The van der Waals surface area contributed by atoms with E-state index in [2.05, 4.69) is 4.74 Å². The fraction of sp³-hybridized carbons (Fsp3) is 0.455. The maximum Gasteiger partial charge on any atom is 0.334 e. The lowest BCUT2D eigenvalue weighted by molar-refractivity contribution is -0.141. The average Bonchev–Trinajstić information content (AvgIpc) is 2.84. The number of anilines is 1. The third kappa shape index (κ3) is 7.18. The van der Waals surface area contributed by atoms with Gasteiger partial charge in [-0.1, -0.05) is 11.6 Å². The summed E-state index contributed by atoms with van der Waals surface area (Å²) in [4.78, 5) is 51.1. The molecule has 0 N–H and O–H groups in total. The molecule has 12 heteroatoms. The van der Waals surface area contributed by atoms with Crippen LogP contribution >= 0.6 is 35.0 Å². The first kappa shape index (κ1) is 28.1. The number of ether oxygens (including phenoxy) is 3. The van der Waals surface area contributed by atoms with Crippen LogP contribution < -0.4 is 4.90 Å². The Hall–Kier alpha value is -2.14. The van der Waals surface area contributed by atoms with Gasteiger partial charge in [-0.2, -0.15) is 0 Å². The molecule has 0 fully saturated rings. The third-order valence-corrected chi connectivity index (χ3v) is 6.56. The van der Waals surface area contributed by atoms with Crippen LogP contribution in [0.4, 0.5) is 10.1 Å². The largest absolute Gasteiger partial charge is 0.468 e. The van der Waals surface area contributed by atoms with E-state index in [-0.39, 0.29) is 52.9 Å². The predicted molar refractivity (Wildman–Crippen MR) is 126 cm³/mol. The van der Waals surface area contributed by atoms with Gasteiger partial charge in [-0.05, 0) is 37.8 Å². The smallest absolute Gasteiger partial charge is 0.334 e. The Morgan fingerprint density at radius 2 is 1.76 bits per heavy atom. The van der Waals surface area contributed by atoms with Crippen molar-refractivity contribution < 1.29 is 37.8 Å². The van der Waals surface area contributed by atoms with Gasteiger partial charge in [0.2, 0.25) is 5.91 Å². The van der Waals surface area contributed by atoms with Crippen molar-refractivity contribution in [3.63, 3.8) is 0 Å². The standard InChI is InChI=1S/C22H24Cl2FNO7S/c1-31-7-8-33-22(30)14-6-4-3-5-13(14)21(29)26(19(27)11-23)17-10-18(15(24)9-16(17)25)34-12-20(28)32-2/h9-10H,3-8,11-12H2,1-2H3. The number of hydrogen-bond acceptors (Lipinski definition) is 8. The van der Waals surface area contributed by atoms with Crippen molar-refractivity contribution in [2.24, 2.45) is 0 Å². The first-order valence-corrected chi connectivity index (χ1v) is 12.1. The van der Waals surface area contributed by atoms with Crippen LogP contribution in [0.1, 0.15) is 25.7 Å². The fourth-order valence-corrected chi connectivity index (χ4v) is 4.44. The molecule has 186 valence electrons. The van der Waals surface area contributed by atoms with Crippen LogP contribution in [0.3, 0.4) is 0 Å². The summed E-state index contributed by atoms with van der Waals surface area (Å²) in [6.07, 6.45) is 1.73. The number of hydrogen-bond donors (Lipinski definition) is 0. The number of carbonyl (C=O) groups is 4. The Bertz CT molecular complexity index is 986. The number of nitrogens with zero attached hydrogens (tertiary/aromatic N) is 1. The second kappa shape index (κ2) is 13.7. The molecule has 0 radical (unpaired) electrons. The topological polar surface area (TPSA) is 99.2 Å². The zero-order valence-electron chi connectivity index (χ0n) is 18.7. The van der Waals surface area contributed by atoms with Crippen LogP contribution in [-0.4, -0.2) is 62.8 Å². The highest BCUT2D eigenvalue weighted by molar-refractivity contribution is 8.00. The molecule has 2 rings (SSSR count). The molecule has 0 atom stereocenters. The molecular formula is C22H24Cl2FNO7S. The minimum atomic E-state index is -0.945. The van der Waals surface area contributed by atoms with E-state index in [0.29, 0.717) is 17.7 Å². The lowest BCUT2D eigenvalue weighted by Gasteiger charge is -2.26. The predicted octanol–water partition coefficient (Wildman–Crippen LogP) is 3.90. The second-order valence-corrected chi connectivity index (χ2v) is 8.75. The maximum atomic E-state index is 14.9.